The van der Waals surface area contributed by atoms with Gasteiger partial charge in [0.15, 0.2) is 5.82 Å². The van der Waals surface area contributed by atoms with Gasteiger partial charge in [-0.1, -0.05) is 11.6 Å². The molecule has 2 aromatic heterocycles. The van der Waals surface area contributed by atoms with Gasteiger partial charge in [-0.15, -0.1) is 5.10 Å². The first kappa shape index (κ1) is 17.6. The van der Waals surface area contributed by atoms with Crippen LogP contribution in [0.15, 0.2) is 36.3 Å². The fourth-order valence-corrected chi connectivity index (χ4v) is 3.56. The second-order valence-electron chi connectivity index (χ2n) is 6.95. The molecule has 0 atom stereocenters. The van der Waals surface area contributed by atoms with Gasteiger partial charge in [0.05, 0.1) is 6.20 Å². The van der Waals surface area contributed by atoms with Crippen LogP contribution in [0.1, 0.15) is 32.1 Å². The van der Waals surface area contributed by atoms with Gasteiger partial charge >= 0.3 is 0 Å². The Morgan fingerprint density at radius 2 is 1.74 bits per heavy atom. The zero-order valence-corrected chi connectivity index (χ0v) is 15.6. The SMILES string of the molecule is C1=C(CCNc2cnnc(N3CCN(c4ncccn4)CC3)n2)CCCC1. The molecule has 2 aromatic rings. The Morgan fingerprint density at radius 3 is 2.48 bits per heavy atom. The van der Waals surface area contributed by atoms with E-state index in [0.29, 0.717) is 5.95 Å². The van der Waals surface area contributed by atoms with Crippen molar-refractivity contribution in [2.75, 3.05) is 47.8 Å². The number of aromatic nitrogens is 5. The highest BCUT2D eigenvalue weighted by Crippen LogP contribution is 2.20. The summed E-state index contributed by atoms with van der Waals surface area (Å²) in [7, 11) is 0. The van der Waals surface area contributed by atoms with Crippen LogP contribution in [0.25, 0.3) is 0 Å². The Labute approximate surface area is 159 Å². The molecule has 27 heavy (non-hydrogen) atoms. The number of rotatable bonds is 6. The van der Waals surface area contributed by atoms with Crippen molar-refractivity contribution in [3.63, 3.8) is 0 Å². The van der Waals surface area contributed by atoms with E-state index in [1.165, 1.54) is 25.7 Å². The van der Waals surface area contributed by atoms with Crippen molar-refractivity contribution in [2.45, 2.75) is 32.1 Å². The minimum atomic E-state index is 0.686. The van der Waals surface area contributed by atoms with Gasteiger partial charge in [0.25, 0.3) is 0 Å². The topological polar surface area (TPSA) is 83.0 Å². The van der Waals surface area contributed by atoms with Crippen LogP contribution in [0, 0.1) is 0 Å². The van der Waals surface area contributed by atoms with E-state index in [9.17, 15) is 0 Å². The lowest BCUT2D eigenvalue weighted by molar-refractivity contribution is 0.623. The predicted octanol–water partition coefficient (Wildman–Crippen LogP) is 2.29. The Hall–Kier alpha value is -2.77. The van der Waals surface area contributed by atoms with Crippen molar-refractivity contribution in [1.29, 1.82) is 0 Å². The lowest BCUT2D eigenvalue weighted by atomic mass is 9.97. The highest BCUT2D eigenvalue weighted by Gasteiger charge is 2.21. The third-order valence-electron chi connectivity index (χ3n) is 5.08. The zero-order valence-electron chi connectivity index (χ0n) is 15.6. The van der Waals surface area contributed by atoms with Crippen LogP contribution >= 0.6 is 0 Å². The standard InChI is InChI=1S/C19H26N8/c1-2-5-16(6-3-1)7-10-20-17-15-23-25-19(24-17)27-13-11-26(12-14-27)18-21-8-4-9-22-18/h4-5,8-9,15H,1-3,6-7,10-14H2,(H,20,24,25). The lowest BCUT2D eigenvalue weighted by Crippen LogP contribution is -2.47. The predicted molar refractivity (Wildman–Crippen MR) is 106 cm³/mol. The van der Waals surface area contributed by atoms with Crippen molar-refractivity contribution < 1.29 is 0 Å². The Kier molecular flexibility index (Phi) is 5.71. The van der Waals surface area contributed by atoms with Crippen molar-refractivity contribution in [1.82, 2.24) is 25.1 Å². The molecule has 3 heterocycles. The molecule has 0 bridgehead atoms. The lowest BCUT2D eigenvalue weighted by Gasteiger charge is -2.34. The monoisotopic (exact) mass is 366 g/mol. The third-order valence-corrected chi connectivity index (χ3v) is 5.08. The van der Waals surface area contributed by atoms with Crippen molar-refractivity contribution in [2.24, 2.45) is 0 Å². The number of anilines is 3. The largest absolute Gasteiger partial charge is 0.368 e. The van der Waals surface area contributed by atoms with E-state index in [-0.39, 0.29) is 0 Å². The first-order chi connectivity index (χ1) is 13.4. The molecule has 142 valence electrons. The number of nitrogens with one attached hydrogen (secondary N) is 1. The molecule has 1 saturated heterocycles. The number of hydrogen-bond donors (Lipinski definition) is 1. The van der Waals surface area contributed by atoms with E-state index in [1.807, 2.05) is 6.07 Å². The Bertz CT molecular complexity index is 755. The fourth-order valence-electron chi connectivity index (χ4n) is 3.56. The van der Waals surface area contributed by atoms with Crippen LogP contribution in [-0.2, 0) is 0 Å². The Balaban J connectivity index is 1.29. The van der Waals surface area contributed by atoms with E-state index in [1.54, 1.807) is 24.2 Å². The van der Waals surface area contributed by atoms with Crippen LogP contribution in [0.2, 0.25) is 0 Å². The minimum absolute atomic E-state index is 0.686. The molecule has 4 rings (SSSR count). The minimum Gasteiger partial charge on any atom is -0.368 e. The number of piperazine rings is 1. The smallest absolute Gasteiger partial charge is 0.247 e. The second-order valence-corrected chi connectivity index (χ2v) is 6.95. The van der Waals surface area contributed by atoms with Crippen molar-refractivity contribution in [3.8, 4) is 0 Å². The van der Waals surface area contributed by atoms with E-state index in [4.69, 9.17) is 0 Å². The summed E-state index contributed by atoms with van der Waals surface area (Å²) in [5, 5.41) is 11.7. The molecule has 1 aliphatic heterocycles. The molecule has 0 radical (unpaired) electrons. The average Bonchev–Trinajstić information content (AvgIpc) is 2.76. The molecule has 1 aliphatic carbocycles. The van der Waals surface area contributed by atoms with Crippen LogP contribution in [-0.4, -0.2) is 57.9 Å². The first-order valence-corrected chi connectivity index (χ1v) is 9.77. The van der Waals surface area contributed by atoms with E-state index >= 15 is 0 Å². The molecule has 0 saturated carbocycles. The number of allylic oxidation sites excluding steroid dienone is 1. The highest BCUT2D eigenvalue weighted by atomic mass is 15.4. The fraction of sp³-hybridized carbons (Fsp3) is 0.526. The zero-order chi connectivity index (χ0) is 18.3. The summed E-state index contributed by atoms with van der Waals surface area (Å²) in [5.74, 6) is 2.26. The first-order valence-electron chi connectivity index (χ1n) is 9.77. The normalized spacial score (nSPS) is 17.6. The van der Waals surface area contributed by atoms with E-state index < -0.39 is 0 Å². The molecule has 2 aliphatic rings. The summed E-state index contributed by atoms with van der Waals surface area (Å²) in [6, 6.07) is 1.84. The second kappa shape index (κ2) is 8.75. The van der Waals surface area contributed by atoms with Crippen molar-refractivity contribution in [3.05, 3.63) is 36.3 Å². The molecule has 0 spiro atoms. The van der Waals surface area contributed by atoms with Gasteiger partial charge in [-0.05, 0) is 38.2 Å². The van der Waals surface area contributed by atoms with Gasteiger partial charge in [-0.3, -0.25) is 0 Å². The molecule has 1 fully saturated rings. The van der Waals surface area contributed by atoms with Gasteiger partial charge in [0, 0.05) is 45.1 Å². The van der Waals surface area contributed by atoms with Gasteiger partial charge in [-0.2, -0.15) is 10.1 Å². The van der Waals surface area contributed by atoms with Crippen LogP contribution in [0.4, 0.5) is 17.7 Å². The molecule has 8 nitrogen and oxygen atoms in total. The maximum atomic E-state index is 4.65. The summed E-state index contributed by atoms with van der Waals surface area (Å²) < 4.78 is 0. The average molecular weight is 366 g/mol. The third kappa shape index (κ3) is 4.69. The van der Waals surface area contributed by atoms with Crippen LogP contribution < -0.4 is 15.1 Å². The maximum absolute atomic E-state index is 4.65. The van der Waals surface area contributed by atoms with Gasteiger partial charge in [0.2, 0.25) is 11.9 Å². The van der Waals surface area contributed by atoms with Crippen LogP contribution in [0.5, 0.6) is 0 Å². The van der Waals surface area contributed by atoms with Gasteiger partial charge < -0.3 is 15.1 Å². The number of hydrogen-bond acceptors (Lipinski definition) is 8. The van der Waals surface area contributed by atoms with E-state index in [0.717, 1.165) is 50.9 Å². The highest BCUT2D eigenvalue weighted by molar-refractivity contribution is 5.41. The summed E-state index contributed by atoms with van der Waals surface area (Å²) >= 11 is 0. The summed E-state index contributed by atoms with van der Waals surface area (Å²) in [4.78, 5) is 17.7. The molecule has 0 aromatic carbocycles. The molecular formula is C19H26N8. The number of nitrogens with zero attached hydrogens (tertiary/aromatic N) is 7. The molecule has 8 heteroatoms. The maximum Gasteiger partial charge on any atom is 0.247 e. The Morgan fingerprint density at radius 1 is 0.963 bits per heavy atom. The van der Waals surface area contributed by atoms with Gasteiger partial charge in [0.1, 0.15) is 0 Å². The van der Waals surface area contributed by atoms with Crippen LogP contribution in [0.3, 0.4) is 0 Å². The molecule has 0 unspecified atom stereocenters. The quantitative estimate of drug-likeness (QED) is 0.780. The summed E-state index contributed by atoms with van der Waals surface area (Å²) in [6.07, 6.45) is 13.9. The van der Waals surface area contributed by atoms with E-state index in [2.05, 4.69) is 46.3 Å². The molecule has 0 amide bonds. The van der Waals surface area contributed by atoms with Crippen molar-refractivity contribution >= 4 is 17.7 Å². The van der Waals surface area contributed by atoms with Gasteiger partial charge in [-0.25, -0.2) is 9.97 Å². The summed E-state index contributed by atoms with van der Waals surface area (Å²) in [5.41, 5.74) is 1.57. The summed E-state index contributed by atoms with van der Waals surface area (Å²) in [6.45, 7) is 4.24. The molecule has 1 N–H and O–H groups in total. The molecular weight excluding hydrogens is 340 g/mol.